The maximum absolute atomic E-state index is 12.6. The average Bonchev–Trinajstić information content (AvgIpc) is 2.46. The number of carboxylic acids is 1. The first-order valence-electron chi connectivity index (χ1n) is 6.43. The van der Waals surface area contributed by atoms with Crippen LogP contribution in [0, 0.1) is 6.92 Å². The molecule has 2 N–H and O–H groups in total. The van der Waals surface area contributed by atoms with Crippen molar-refractivity contribution in [2.45, 2.75) is 19.9 Å². The van der Waals surface area contributed by atoms with Crippen LogP contribution in [0.2, 0.25) is 0 Å². The second-order valence-electron chi connectivity index (χ2n) is 4.68. The second-order valence-corrected chi connectivity index (χ2v) is 4.68. The Kier molecular flexibility index (Phi) is 4.52. The van der Waals surface area contributed by atoms with Crippen molar-refractivity contribution in [2.24, 2.45) is 0 Å². The van der Waals surface area contributed by atoms with Crippen LogP contribution in [0.4, 0.5) is 14.5 Å². The number of benzene rings is 2. The zero-order valence-corrected chi connectivity index (χ0v) is 11.4. The van der Waals surface area contributed by atoms with E-state index in [1.807, 2.05) is 0 Å². The summed E-state index contributed by atoms with van der Waals surface area (Å²) in [5.74, 6) is -0.990. The lowest BCUT2D eigenvalue weighted by molar-refractivity contribution is 0.0696. The smallest absolute Gasteiger partial charge is 0.336 e. The fourth-order valence-electron chi connectivity index (χ4n) is 2.09. The highest BCUT2D eigenvalue weighted by Crippen LogP contribution is 2.22. The molecule has 0 aromatic heterocycles. The van der Waals surface area contributed by atoms with Crippen LogP contribution in [0.5, 0.6) is 0 Å². The van der Waals surface area contributed by atoms with E-state index in [-0.39, 0.29) is 11.1 Å². The Bertz CT molecular complexity index is 656. The maximum atomic E-state index is 12.6. The van der Waals surface area contributed by atoms with E-state index in [0.717, 1.165) is 0 Å². The molecule has 0 unspecified atom stereocenters. The molecule has 2 aromatic carbocycles. The molecule has 0 saturated heterocycles. The third kappa shape index (κ3) is 3.56. The Morgan fingerprint density at radius 3 is 2.62 bits per heavy atom. The predicted molar refractivity (Wildman–Crippen MR) is 76.9 cm³/mol. The zero-order valence-electron chi connectivity index (χ0n) is 11.4. The molecule has 0 fully saturated rings. The summed E-state index contributed by atoms with van der Waals surface area (Å²) >= 11 is 0. The molecule has 0 amide bonds. The number of anilines is 1. The summed E-state index contributed by atoms with van der Waals surface area (Å²) in [4.78, 5) is 11.1. The van der Waals surface area contributed by atoms with E-state index < -0.39 is 12.4 Å². The van der Waals surface area contributed by atoms with E-state index in [9.17, 15) is 13.6 Å². The highest BCUT2D eigenvalue weighted by Gasteiger charge is 2.10. The van der Waals surface area contributed by atoms with Gasteiger partial charge in [0.15, 0.2) is 0 Å². The number of alkyl halides is 2. The van der Waals surface area contributed by atoms with E-state index in [0.29, 0.717) is 23.4 Å². The molecule has 0 spiro atoms. The summed E-state index contributed by atoms with van der Waals surface area (Å²) in [5, 5.41) is 12.1. The fraction of sp³-hybridized carbons (Fsp3) is 0.188. The van der Waals surface area contributed by atoms with Gasteiger partial charge in [-0.3, -0.25) is 0 Å². The normalized spacial score (nSPS) is 10.7. The summed E-state index contributed by atoms with van der Waals surface area (Å²) < 4.78 is 25.3. The topological polar surface area (TPSA) is 49.3 Å². The van der Waals surface area contributed by atoms with Crippen LogP contribution in [-0.2, 0) is 6.54 Å². The number of carbonyl (C=O) groups is 1. The van der Waals surface area contributed by atoms with Gasteiger partial charge in [0.05, 0.1) is 5.56 Å². The van der Waals surface area contributed by atoms with Crippen LogP contribution < -0.4 is 5.32 Å². The van der Waals surface area contributed by atoms with E-state index in [1.54, 1.807) is 31.2 Å². The third-order valence-electron chi connectivity index (χ3n) is 3.25. The largest absolute Gasteiger partial charge is 0.478 e. The van der Waals surface area contributed by atoms with E-state index in [2.05, 4.69) is 5.32 Å². The summed E-state index contributed by atoms with van der Waals surface area (Å²) in [6, 6.07) is 11.1. The highest BCUT2D eigenvalue weighted by molar-refractivity contribution is 5.91. The third-order valence-corrected chi connectivity index (χ3v) is 3.25. The molecule has 21 heavy (non-hydrogen) atoms. The van der Waals surface area contributed by atoms with Crippen molar-refractivity contribution in [1.29, 1.82) is 0 Å². The lowest BCUT2D eigenvalue weighted by Gasteiger charge is -2.12. The molecule has 0 atom stereocenters. The molecule has 3 nitrogen and oxygen atoms in total. The van der Waals surface area contributed by atoms with Crippen molar-refractivity contribution >= 4 is 11.7 Å². The van der Waals surface area contributed by atoms with Gasteiger partial charge in [0.1, 0.15) is 0 Å². The number of carboxylic acid groups (broad SMARTS) is 1. The lowest BCUT2D eigenvalue weighted by atomic mass is 10.1. The molecule has 110 valence electrons. The fourth-order valence-corrected chi connectivity index (χ4v) is 2.09. The predicted octanol–water partition coefficient (Wildman–Crippen LogP) is 4.24. The standard InChI is InChI=1S/C16H15F2NO2/c1-10-13(16(20)21)6-3-7-14(10)19-9-11-4-2-5-12(8-11)15(17)18/h2-8,15,19H,9H2,1H3,(H,20,21). The molecule has 0 saturated carbocycles. The van der Waals surface area contributed by atoms with Gasteiger partial charge in [-0.15, -0.1) is 0 Å². The first kappa shape index (κ1) is 15.0. The zero-order chi connectivity index (χ0) is 15.4. The van der Waals surface area contributed by atoms with Gasteiger partial charge in [-0.05, 0) is 36.2 Å². The van der Waals surface area contributed by atoms with Crippen molar-refractivity contribution in [3.05, 3.63) is 64.7 Å². The van der Waals surface area contributed by atoms with Gasteiger partial charge in [-0.2, -0.15) is 0 Å². The van der Waals surface area contributed by atoms with Crippen LogP contribution in [0.25, 0.3) is 0 Å². The highest BCUT2D eigenvalue weighted by atomic mass is 19.3. The Morgan fingerprint density at radius 2 is 1.95 bits per heavy atom. The van der Waals surface area contributed by atoms with E-state index >= 15 is 0 Å². The minimum Gasteiger partial charge on any atom is -0.478 e. The molecule has 0 bridgehead atoms. The van der Waals surface area contributed by atoms with Gasteiger partial charge < -0.3 is 10.4 Å². The van der Waals surface area contributed by atoms with E-state index in [4.69, 9.17) is 5.11 Å². The monoisotopic (exact) mass is 291 g/mol. The molecule has 2 aromatic rings. The van der Waals surface area contributed by atoms with Crippen LogP contribution in [0.15, 0.2) is 42.5 Å². The van der Waals surface area contributed by atoms with Gasteiger partial charge in [-0.1, -0.05) is 24.3 Å². The first-order chi connectivity index (χ1) is 9.99. The van der Waals surface area contributed by atoms with Gasteiger partial charge in [0.2, 0.25) is 0 Å². The van der Waals surface area contributed by atoms with Crippen molar-refractivity contribution < 1.29 is 18.7 Å². The van der Waals surface area contributed by atoms with Gasteiger partial charge in [-0.25, -0.2) is 13.6 Å². The van der Waals surface area contributed by atoms with Crippen molar-refractivity contribution in [2.75, 3.05) is 5.32 Å². The molecular weight excluding hydrogens is 276 g/mol. The molecular formula is C16H15F2NO2. The summed E-state index contributed by atoms with van der Waals surface area (Å²) in [6.07, 6.45) is -2.50. The number of halogens is 2. The molecule has 0 aliphatic rings. The van der Waals surface area contributed by atoms with Crippen LogP contribution >= 0.6 is 0 Å². The Morgan fingerprint density at radius 1 is 1.24 bits per heavy atom. The SMILES string of the molecule is Cc1c(NCc2cccc(C(F)F)c2)cccc1C(=O)O. The molecule has 0 aliphatic heterocycles. The number of hydrogen-bond donors (Lipinski definition) is 2. The molecule has 5 heteroatoms. The Hall–Kier alpha value is -2.43. The van der Waals surface area contributed by atoms with Crippen LogP contribution in [0.1, 0.15) is 33.5 Å². The number of hydrogen-bond acceptors (Lipinski definition) is 2. The first-order valence-corrected chi connectivity index (χ1v) is 6.43. The van der Waals surface area contributed by atoms with Crippen LogP contribution in [0.3, 0.4) is 0 Å². The minimum absolute atomic E-state index is 0.0229. The van der Waals surface area contributed by atoms with Crippen molar-refractivity contribution in [1.82, 2.24) is 0 Å². The van der Waals surface area contributed by atoms with Gasteiger partial charge in [0, 0.05) is 17.8 Å². The molecule has 0 heterocycles. The summed E-state index contributed by atoms with van der Waals surface area (Å²) in [7, 11) is 0. The number of aromatic carboxylic acids is 1. The minimum atomic E-state index is -2.50. The Balaban J connectivity index is 2.15. The molecule has 0 aliphatic carbocycles. The average molecular weight is 291 g/mol. The van der Waals surface area contributed by atoms with Crippen molar-refractivity contribution in [3.63, 3.8) is 0 Å². The maximum Gasteiger partial charge on any atom is 0.336 e. The quantitative estimate of drug-likeness (QED) is 0.866. The van der Waals surface area contributed by atoms with E-state index in [1.165, 1.54) is 18.2 Å². The summed E-state index contributed by atoms with van der Waals surface area (Å²) in [5.41, 5.74) is 2.21. The van der Waals surface area contributed by atoms with Gasteiger partial charge >= 0.3 is 5.97 Å². The Labute approximate surface area is 121 Å². The molecule has 0 radical (unpaired) electrons. The van der Waals surface area contributed by atoms with Crippen LogP contribution in [-0.4, -0.2) is 11.1 Å². The van der Waals surface area contributed by atoms with Crippen molar-refractivity contribution in [3.8, 4) is 0 Å². The number of rotatable bonds is 5. The lowest BCUT2D eigenvalue weighted by Crippen LogP contribution is -2.06. The number of nitrogens with one attached hydrogen (secondary N) is 1. The second kappa shape index (κ2) is 6.35. The molecule has 2 rings (SSSR count). The van der Waals surface area contributed by atoms with Gasteiger partial charge in [0.25, 0.3) is 6.43 Å². The summed E-state index contributed by atoms with van der Waals surface area (Å²) in [6.45, 7) is 2.06.